The molecule has 0 unspecified atom stereocenters. The van der Waals surface area contributed by atoms with Crippen LogP contribution in [0.15, 0.2) is 18.2 Å². The van der Waals surface area contributed by atoms with Gasteiger partial charge in [0.05, 0.1) is 0 Å². The van der Waals surface area contributed by atoms with Crippen LogP contribution in [0.2, 0.25) is 0 Å². The van der Waals surface area contributed by atoms with E-state index in [1.807, 2.05) is 12.1 Å². The van der Waals surface area contributed by atoms with Gasteiger partial charge in [-0.25, -0.2) is 0 Å². The van der Waals surface area contributed by atoms with Crippen LogP contribution in [-0.2, 0) is 0 Å². The third-order valence-electron chi connectivity index (χ3n) is 1.08. The quantitative estimate of drug-likeness (QED) is 0.617. The number of hydrogen-bond acceptors (Lipinski definition) is 0. The van der Waals surface area contributed by atoms with Gasteiger partial charge in [0.25, 0.3) is 0 Å². The van der Waals surface area contributed by atoms with Crippen molar-refractivity contribution in [3.63, 3.8) is 0 Å². The van der Waals surface area contributed by atoms with Gasteiger partial charge in [-0.3, -0.25) is 0 Å². The molecule has 0 bridgehead atoms. The average Bonchev–Trinajstić information content (AvgIpc) is 1.64. The molecule has 1 aromatic rings. The van der Waals surface area contributed by atoms with Crippen LogP contribution in [0.4, 0.5) is 0 Å². The first-order valence-corrected chi connectivity index (χ1v) is 2.73. The van der Waals surface area contributed by atoms with E-state index >= 15 is 0 Å². The van der Waals surface area contributed by atoms with Crippen molar-refractivity contribution in [2.45, 2.75) is 13.8 Å². The molecule has 0 atom stereocenters. The van der Waals surface area contributed by atoms with E-state index < -0.39 is 0 Å². The fourth-order valence-electron chi connectivity index (χ4n) is 0.747. The molecule has 0 amide bonds. The molecule has 0 spiro atoms. The topological polar surface area (TPSA) is 0 Å². The van der Waals surface area contributed by atoms with Gasteiger partial charge in [0, 0.05) is 0 Å². The van der Waals surface area contributed by atoms with Gasteiger partial charge in [-0.15, -0.1) is 0 Å². The SMILES string of the molecule is Cc1c[c-]cc(C)c1.[Lr]. The zero-order valence-electron chi connectivity index (χ0n) is 5.49. The van der Waals surface area contributed by atoms with E-state index in [1.54, 1.807) is 0 Å². The van der Waals surface area contributed by atoms with Gasteiger partial charge >= 0.3 is 0 Å². The fraction of sp³-hybridized carbons (Fsp3) is 0.250. The third-order valence-corrected chi connectivity index (χ3v) is 1.08. The van der Waals surface area contributed by atoms with Gasteiger partial charge in [0.2, 0.25) is 0 Å². The summed E-state index contributed by atoms with van der Waals surface area (Å²) in [5.41, 5.74) is 2.56. The standard InChI is InChI=1S/C8H9.Lr/c1-7-4-3-5-8(2)6-7;/h4-6H,1-2H3;/q-1;. The van der Waals surface area contributed by atoms with Gasteiger partial charge in [-0.1, -0.05) is 13.8 Å². The van der Waals surface area contributed by atoms with E-state index in [0.717, 1.165) is 0 Å². The molecule has 1 aromatic carbocycles. The molecule has 0 saturated heterocycles. The second-order valence-corrected chi connectivity index (χ2v) is 2.09. The van der Waals surface area contributed by atoms with Crippen LogP contribution in [0.1, 0.15) is 11.1 Å². The maximum absolute atomic E-state index is 3.03. The molecule has 0 fully saturated rings. The van der Waals surface area contributed by atoms with Crippen LogP contribution in [0.5, 0.6) is 0 Å². The molecular formula is C8H9Lr-. The van der Waals surface area contributed by atoms with Crippen LogP contribution in [0.3, 0.4) is 0 Å². The van der Waals surface area contributed by atoms with Crippen LogP contribution >= 0.6 is 0 Å². The van der Waals surface area contributed by atoms with Crippen molar-refractivity contribution < 1.29 is 0 Å². The summed E-state index contributed by atoms with van der Waals surface area (Å²) in [6.07, 6.45) is 0. The van der Waals surface area contributed by atoms with Crippen molar-refractivity contribution in [2.24, 2.45) is 0 Å². The molecule has 1 radical (unpaired) electrons. The summed E-state index contributed by atoms with van der Waals surface area (Å²) in [5, 5.41) is 0. The first kappa shape index (κ1) is 7.22. The van der Waals surface area contributed by atoms with Crippen LogP contribution in [0, 0.1) is 19.9 Å². The predicted octanol–water partition coefficient (Wildman–Crippen LogP) is 2.10. The molecule has 1 rings (SSSR count). The Kier molecular flexibility index (Phi) is 2.01. The van der Waals surface area contributed by atoms with E-state index in [4.69, 9.17) is 0 Å². The van der Waals surface area contributed by atoms with E-state index in [1.165, 1.54) is 11.1 Å². The van der Waals surface area contributed by atoms with E-state index in [-0.39, 0.29) is 0 Å². The first-order valence-electron chi connectivity index (χ1n) is 2.73. The van der Waals surface area contributed by atoms with E-state index in [9.17, 15) is 0 Å². The Morgan fingerprint density at radius 1 is 1.11 bits per heavy atom. The van der Waals surface area contributed by atoms with Crippen molar-refractivity contribution in [3.8, 4) is 0 Å². The molecule has 57 valence electrons. The number of benzene rings is 1. The molecule has 0 aromatic heterocycles. The van der Waals surface area contributed by atoms with Crippen molar-refractivity contribution in [3.05, 3.63) is 35.4 Å². The minimum absolute atomic E-state index is 0. The van der Waals surface area contributed by atoms with Crippen molar-refractivity contribution >= 4 is 0 Å². The molecule has 1 heteroatoms. The minimum Gasteiger partial charge on any atom is -0.183 e. The number of hydrogen-bond donors (Lipinski definition) is 0. The van der Waals surface area contributed by atoms with Gasteiger partial charge in [-0.05, 0) is 0 Å². The molecule has 0 saturated carbocycles. The number of rotatable bonds is 0. The second kappa shape index (κ2) is 2.51. The summed E-state index contributed by atoms with van der Waals surface area (Å²) in [7, 11) is 0. The van der Waals surface area contributed by atoms with Crippen LogP contribution in [0.25, 0.3) is 0 Å². The Balaban J connectivity index is 0.000000640. The molecule has 0 N–H and O–H groups in total. The van der Waals surface area contributed by atoms with Gasteiger partial charge in [0.1, 0.15) is 0 Å². The Morgan fingerprint density at radius 3 is 1.78 bits per heavy atom. The zero-order chi connectivity index (χ0) is 5.98. The van der Waals surface area contributed by atoms with Crippen LogP contribution in [-0.4, -0.2) is 0 Å². The molecule has 0 aliphatic heterocycles. The summed E-state index contributed by atoms with van der Waals surface area (Å²) in [5.74, 6) is 0. The normalized spacial score (nSPS) is 8.22. The third kappa shape index (κ3) is 1.64. The van der Waals surface area contributed by atoms with Gasteiger partial charge in [0.15, 0.2) is 0 Å². The molecule has 0 nitrogen and oxygen atoms in total. The smallest absolute Gasteiger partial charge is 0 e. The Labute approximate surface area is 50.2 Å². The van der Waals surface area contributed by atoms with E-state index in [2.05, 4.69) is 26.0 Å². The zero-order valence-corrected chi connectivity index (χ0v) is 7.64. The van der Waals surface area contributed by atoms with Crippen molar-refractivity contribution in [2.75, 3.05) is 0 Å². The number of aryl methyl sites for hydroxylation is 2. The first-order chi connectivity index (χ1) is 3.79. The fourth-order valence-corrected chi connectivity index (χ4v) is 0.747. The molecular weight excluding hydrogens is 358 g/mol. The molecule has 0 aliphatic rings. The molecule has 9 heavy (non-hydrogen) atoms. The maximum atomic E-state index is 3.03. The average molecular weight is 367 g/mol. The summed E-state index contributed by atoms with van der Waals surface area (Å²) in [6.45, 7) is 4.15. The summed E-state index contributed by atoms with van der Waals surface area (Å²) in [6, 6.07) is 9.12. The largest absolute Gasteiger partial charge is 0.183 e. The summed E-state index contributed by atoms with van der Waals surface area (Å²) < 4.78 is 0. The Bertz CT molecular complexity index is 164. The maximum Gasteiger partial charge on any atom is 0 e. The van der Waals surface area contributed by atoms with Crippen LogP contribution < -0.4 is 0 Å². The predicted molar refractivity (Wildman–Crippen MR) is 34.8 cm³/mol. The second-order valence-electron chi connectivity index (χ2n) is 2.09. The minimum atomic E-state index is 0. The summed E-state index contributed by atoms with van der Waals surface area (Å²) >= 11 is 0. The Hall–Kier alpha value is -1.78. The van der Waals surface area contributed by atoms with Gasteiger partial charge in [-0.2, -0.15) is 35.4 Å². The van der Waals surface area contributed by atoms with E-state index in [0.29, 0.717) is 0 Å². The monoisotopic (exact) mass is 367 g/mol. The Morgan fingerprint density at radius 2 is 1.56 bits per heavy atom. The molecule has 0 heterocycles. The van der Waals surface area contributed by atoms with Crippen molar-refractivity contribution in [1.82, 2.24) is 0 Å². The summed E-state index contributed by atoms with van der Waals surface area (Å²) in [4.78, 5) is 0. The van der Waals surface area contributed by atoms with Crippen molar-refractivity contribution in [1.29, 1.82) is 0 Å². The van der Waals surface area contributed by atoms with Gasteiger partial charge < -0.3 is 0 Å². The molecule has 0 aliphatic carbocycles.